The van der Waals surface area contributed by atoms with Gasteiger partial charge in [-0.2, -0.15) is 13.2 Å². The number of imidazole rings is 1. The van der Waals surface area contributed by atoms with E-state index in [1.165, 1.54) is 12.7 Å². The van der Waals surface area contributed by atoms with Crippen LogP contribution in [0.2, 0.25) is 0 Å². The molecule has 1 aromatic heterocycles. The highest BCUT2D eigenvalue weighted by Crippen LogP contribution is 2.29. The van der Waals surface area contributed by atoms with Crippen LogP contribution in [0.25, 0.3) is 11.0 Å². The molecule has 1 heterocycles. The molecule has 0 saturated carbocycles. The van der Waals surface area contributed by atoms with Gasteiger partial charge in [0.15, 0.2) is 0 Å². The van der Waals surface area contributed by atoms with E-state index in [-0.39, 0.29) is 12.0 Å². The van der Waals surface area contributed by atoms with Crippen LogP contribution in [0.15, 0.2) is 109 Å². The van der Waals surface area contributed by atoms with Gasteiger partial charge in [-0.1, -0.05) is 91.0 Å². The number of nitrogens with one attached hydrogen (secondary N) is 1. The molecular weight excluding hydrogens is 547 g/mol. The first-order valence-electron chi connectivity index (χ1n) is 13.0. The van der Waals surface area contributed by atoms with Crippen molar-refractivity contribution < 1.29 is 32.6 Å². The van der Waals surface area contributed by atoms with E-state index in [2.05, 4.69) is 58.4 Å². The first kappa shape index (κ1) is 29.9. The third-order valence-corrected chi connectivity index (χ3v) is 6.42. The van der Waals surface area contributed by atoms with E-state index < -0.39 is 12.1 Å². The number of carbonyl (C=O) groups excluding carboxylic acids is 1. The highest BCUT2D eigenvalue weighted by Gasteiger charge is 2.38. The van der Waals surface area contributed by atoms with Gasteiger partial charge in [0.2, 0.25) is 5.95 Å². The van der Waals surface area contributed by atoms with Gasteiger partial charge in [-0.3, -0.25) is 0 Å². The second-order valence-corrected chi connectivity index (χ2v) is 9.22. The van der Waals surface area contributed by atoms with Crippen LogP contribution in [0.5, 0.6) is 0 Å². The van der Waals surface area contributed by atoms with Gasteiger partial charge in [0.1, 0.15) is 0 Å². The number of aromatic nitrogens is 2. The molecule has 0 fully saturated rings. The predicted molar refractivity (Wildman–Crippen MR) is 153 cm³/mol. The fraction of sp³-hybridized carbons (Fsp3) is 0.156. The van der Waals surface area contributed by atoms with Crippen molar-refractivity contribution in [2.45, 2.75) is 25.2 Å². The Morgan fingerprint density at radius 1 is 0.881 bits per heavy atom. The van der Waals surface area contributed by atoms with Crippen molar-refractivity contribution in [3.8, 4) is 0 Å². The quantitative estimate of drug-likeness (QED) is 0.196. The topological polar surface area (TPSA) is 93.5 Å². The summed E-state index contributed by atoms with van der Waals surface area (Å²) in [4.78, 5) is 26.1. The Kier molecular flexibility index (Phi) is 9.59. The zero-order chi connectivity index (χ0) is 30.1. The van der Waals surface area contributed by atoms with E-state index in [9.17, 15) is 18.0 Å². The number of esters is 1. The molecule has 0 saturated heterocycles. The molecule has 0 radical (unpaired) electrons. The SMILES string of the molecule is COC(=O)c1ccc2nc(NC(c3ccccc3)c3ccccc3)n(CCc3ccccc3)c2c1.O=C(O)C(F)(F)F. The number of hydrogen-bond donors (Lipinski definition) is 2. The number of carboxylic acids is 1. The van der Waals surface area contributed by atoms with Gasteiger partial charge in [0.05, 0.1) is 29.7 Å². The second kappa shape index (κ2) is 13.5. The number of hydrogen-bond acceptors (Lipinski definition) is 5. The lowest BCUT2D eigenvalue weighted by Crippen LogP contribution is -2.21. The summed E-state index contributed by atoms with van der Waals surface area (Å²) in [7, 11) is 1.40. The summed E-state index contributed by atoms with van der Waals surface area (Å²) in [6, 6.07) is 36.5. The van der Waals surface area contributed by atoms with Crippen LogP contribution >= 0.6 is 0 Å². The third kappa shape index (κ3) is 7.54. The molecule has 0 atom stereocenters. The molecule has 0 aliphatic carbocycles. The van der Waals surface area contributed by atoms with Crippen LogP contribution < -0.4 is 5.32 Å². The third-order valence-electron chi connectivity index (χ3n) is 6.42. The van der Waals surface area contributed by atoms with Crippen molar-refractivity contribution in [3.63, 3.8) is 0 Å². The average Bonchev–Trinajstić information content (AvgIpc) is 3.35. The van der Waals surface area contributed by atoms with E-state index in [0.717, 1.165) is 34.5 Å². The summed E-state index contributed by atoms with van der Waals surface area (Å²) in [5, 5.41) is 10.8. The standard InChI is InChI=1S/C30H27N3O2.C2HF3O2/c1-35-29(34)25-17-18-26-27(21-25)33(20-19-22-11-5-2-6-12-22)30(31-26)32-28(23-13-7-3-8-14-23)24-15-9-4-10-16-24;3-2(4,5)1(6)7/h2-18,21,28H,19-20H2,1H3,(H,31,32);(H,6,7). The Labute approximate surface area is 240 Å². The fourth-order valence-corrected chi connectivity index (χ4v) is 4.37. The van der Waals surface area contributed by atoms with Crippen molar-refractivity contribution >= 4 is 28.9 Å². The minimum atomic E-state index is -5.08. The number of methoxy groups -OCH3 is 1. The number of carboxylic acid groups (broad SMARTS) is 1. The maximum Gasteiger partial charge on any atom is 0.490 e. The van der Waals surface area contributed by atoms with Crippen LogP contribution in [-0.4, -0.2) is 39.9 Å². The number of aliphatic carboxylic acids is 1. The molecule has 5 aromatic rings. The Morgan fingerprint density at radius 3 is 1.90 bits per heavy atom. The number of carbonyl (C=O) groups is 2. The summed E-state index contributed by atoms with van der Waals surface area (Å²) in [5.41, 5.74) is 5.77. The highest BCUT2D eigenvalue weighted by atomic mass is 19.4. The summed E-state index contributed by atoms with van der Waals surface area (Å²) in [6.45, 7) is 0.712. The molecule has 2 N–H and O–H groups in total. The van der Waals surface area contributed by atoms with Gasteiger partial charge in [-0.05, 0) is 41.3 Å². The second-order valence-electron chi connectivity index (χ2n) is 9.22. The number of aryl methyl sites for hydroxylation is 2. The van der Waals surface area contributed by atoms with Crippen LogP contribution in [-0.2, 0) is 22.5 Å². The molecule has 0 aliphatic rings. The normalized spacial score (nSPS) is 11.1. The first-order valence-corrected chi connectivity index (χ1v) is 13.0. The number of ether oxygens (including phenoxy) is 1. The average molecular weight is 576 g/mol. The minimum absolute atomic E-state index is 0.0789. The molecular formula is C32H28F3N3O4. The largest absolute Gasteiger partial charge is 0.490 e. The van der Waals surface area contributed by atoms with Crippen molar-refractivity contribution in [1.82, 2.24) is 9.55 Å². The summed E-state index contributed by atoms with van der Waals surface area (Å²) in [5.74, 6) is -2.35. The molecule has 0 unspecified atom stereocenters. The van der Waals surface area contributed by atoms with E-state index >= 15 is 0 Å². The highest BCUT2D eigenvalue weighted by molar-refractivity contribution is 5.94. The zero-order valence-electron chi connectivity index (χ0n) is 22.6. The Balaban J connectivity index is 0.000000517. The predicted octanol–water partition coefficient (Wildman–Crippen LogP) is 6.90. The van der Waals surface area contributed by atoms with Gasteiger partial charge in [-0.15, -0.1) is 0 Å². The van der Waals surface area contributed by atoms with Crippen LogP contribution in [0, 0.1) is 0 Å². The molecule has 0 aliphatic heterocycles. The van der Waals surface area contributed by atoms with Crippen molar-refractivity contribution in [2.75, 3.05) is 12.4 Å². The van der Waals surface area contributed by atoms with E-state index in [4.69, 9.17) is 19.6 Å². The van der Waals surface area contributed by atoms with Gasteiger partial charge in [0.25, 0.3) is 0 Å². The summed E-state index contributed by atoms with van der Waals surface area (Å²) >= 11 is 0. The van der Waals surface area contributed by atoms with Gasteiger partial charge in [-0.25, -0.2) is 14.6 Å². The fourth-order valence-electron chi connectivity index (χ4n) is 4.37. The van der Waals surface area contributed by atoms with Crippen LogP contribution in [0.1, 0.15) is 33.1 Å². The van der Waals surface area contributed by atoms with Crippen molar-refractivity contribution in [2.24, 2.45) is 0 Å². The summed E-state index contributed by atoms with van der Waals surface area (Å²) < 4.78 is 38.9. The van der Waals surface area contributed by atoms with E-state index in [1.54, 1.807) is 6.07 Å². The monoisotopic (exact) mass is 575 g/mol. The number of alkyl halides is 3. The van der Waals surface area contributed by atoms with Crippen LogP contribution in [0.4, 0.5) is 19.1 Å². The molecule has 4 aromatic carbocycles. The lowest BCUT2D eigenvalue weighted by Gasteiger charge is -2.21. The Bertz CT molecular complexity index is 1580. The molecule has 10 heteroatoms. The van der Waals surface area contributed by atoms with E-state index in [1.807, 2.05) is 54.6 Å². The number of nitrogens with zero attached hydrogens (tertiary/aromatic N) is 2. The minimum Gasteiger partial charge on any atom is -0.475 e. The molecule has 216 valence electrons. The van der Waals surface area contributed by atoms with Crippen molar-refractivity contribution in [1.29, 1.82) is 0 Å². The smallest absolute Gasteiger partial charge is 0.475 e. The number of halogens is 3. The summed E-state index contributed by atoms with van der Waals surface area (Å²) in [6.07, 6.45) is -4.25. The molecule has 5 rings (SSSR count). The lowest BCUT2D eigenvalue weighted by atomic mass is 9.99. The maximum atomic E-state index is 12.2. The molecule has 0 spiro atoms. The van der Waals surface area contributed by atoms with E-state index in [0.29, 0.717) is 12.1 Å². The van der Waals surface area contributed by atoms with Gasteiger partial charge < -0.3 is 19.7 Å². The van der Waals surface area contributed by atoms with Crippen molar-refractivity contribution in [3.05, 3.63) is 131 Å². The number of anilines is 1. The van der Waals surface area contributed by atoms with Crippen LogP contribution in [0.3, 0.4) is 0 Å². The molecule has 7 nitrogen and oxygen atoms in total. The first-order chi connectivity index (χ1) is 20.2. The molecule has 42 heavy (non-hydrogen) atoms. The Morgan fingerprint density at radius 2 is 1.40 bits per heavy atom. The number of fused-ring (bicyclic) bond motifs is 1. The maximum absolute atomic E-state index is 12.2. The number of benzene rings is 4. The number of rotatable bonds is 8. The van der Waals surface area contributed by atoms with Gasteiger partial charge >= 0.3 is 18.1 Å². The molecule has 0 amide bonds. The molecule has 0 bridgehead atoms. The lowest BCUT2D eigenvalue weighted by molar-refractivity contribution is -0.192. The van der Waals surface area contributed by atoms with Gasteiger partial charge in [0, 0.05) is 6.54 Å². The Hall–Kier alpha value is -5.12. The zero-order valence-corrected chi connectivity index (χ0v) is 22.6.